The van der Waals surface area contributed by atoms with E-state index in [-0.39, 0.29) is 0 Å². The number of hydrogen-bond donors (Lipinski definition) is 0. The second-order valence-corrected chi connectivity index (χ2v) is 3.24. The largest absolute Gasteiger partial charge is 0.474 e. The summed E-state index contributed by atoms with van der Waals surface area (Å²) in [5.74, 6) is 0. The zero-order valence-corrected chi connectivity index (χ0v) is 7.39. The molecule has 0 atom stereocenters. The summed E-state index contributed by atoms with van der Waals surface area (Å²) in [6.07, 6.45) is 0. The topological polar surface area (TPSA) is 44.8 Å². The van der Waals surface area contributed by atoms with Gasteiger partial charge in [-0.1, -0.05) is 0 Å². The van der Waals surface area contributed by atoms with Crippen LogP contribution in [0.5, 0.6) is 0 Å². The van der Waals surface area contributed by atoms with Crippen molar-refractivity contribution >= 4 is 7.82 Å². The average molecular weight is 168 g/mol. The van der Waals surface area contributed by atoms with Crippen LogP contribution in [0.3, 0.4) is 0 Å². The van der Waals surface area contributed by atoms with Gasteiger partial charge in [-0.05, 0) is 13.8 Å². The Morgan fingerprint density at radius 1 is 1.20 bits per heavy atom. The first-order chi connectivity index (χ1) is 4.68. The first-order valence-corrected chi connectivity index (χ1v) is 4.59. The van der Waals surface area contributed by atoms with Crippen LogP contribution in [-0.2, 0) is 18.1 Å². The van der Waals surface area contributed by atoms with Crippen LogP contribution in [0, 0.1) is 0 Å². The standard InChI is InChI=1S/C5H13O4P/c1-4-8-10(6,7-3)9-5-2/h4-5H2,1-3H3. The van der Waals surface area contributed by atoms with Gasteiger partial charge >= 0.3 is 7.82 Å². The summed E-state index contributed by atoms with van der Waals surface area (Å²) in [6.45, 7) is 4.10. The van der Waals surface area contributed by atoms with Gasteiger partial charge in [0.05, 0.1) is 13.2 Å². The smallest absolute Gasteiger partial charge is 0.290 e. The summed E-state index contributed by atoms with van der Waals surface area (Å²) < 4.78 is 25.1. The Bertz CT molecular complexity index is 115. The maximum absolute atomic E-state index is 11.1. The van der Waals surface area contributed by atoms with E-state index in [9.17, 15) is 4.57 Å². The second kappa shape index (κ2) is 4.85. The Labute approximate surface area is 61.1 Å². The van der Waals surface area contributed by atoms with Crippen molar-refractivity contribution in [1.82, 2.24) is 0 Å². The maximum atomic E-state index is 11.1. The fraction of sp³-hybridized carbons (Fsp3) is 1.00. The third-order valence-electron chi connectivity index (χ3n) is 0.798. The minimum Gasteiger partial charge on any atom is -0.290 e. The highest BCUT2D eigenvalue weighted by atomic mass is 31.2. The molecule has 4 nitrogen and oxygen atoms in total. The van der Waals surface area contributed by atoms with Gasteiger partial charge < -0.3 is 0 Å². The van der Waals surface area contributed by atoms with Crippen molar-refractivity contribution in [3.05, 3.63) is 0 Å². The van der Waals surface area contributed by atoms with E-state index in [2.05, 4.69) is 4.52 Å². The average Bonchev–Trinajstić information content (AvgIpc) is 1.89. The number of hydrogen-bond acceptors (Lipinski definition) is 4. The Balaban J connectivity index is 3.83. The molecule has 10 heavy (non-hydrogen) atoms. The molecule has 0 heterocycles. The molecule has 0 saturated carbocycles. The van der Waals surface area contributed by atoms with E-state index in [1.807, 2.05) is 0 Å². The van der Waals surface area contributed by atoms with Crippen LogP contribution in [0.4, 0.5) is 0 Å². The fourth-order valence-corrected chi connectivity index (χ4v) is 1.38. The van der Waals surface area contributed by atoms with Crippen LogP contribution in [0.2, 0.25) is 0 Å². The summed E-state index contributed by atoms with van der Waals surface area (Å²) in [4.78, 5) is 0. The van der Waals surface area contributed by atoms with Crippen LogP contribution in [0.15, 0.2) is 0 Å². The summed E-state index contributed by atoms with van der Waals surface area (Å²) in [5, 5.41) is 0. The van der Waals surface area contributed by atoms with Gasteiger partial charge in [0.25, 0.3) is 0 Å². The SMILES string of the molecule is CCOP(=O)(OC)OCC. The molecule has 0 spiro atoms. The molecule has 0 saturated heterocycles. The Kier molecular flexibility index (Phi) is 4.91. The highest BCUT2D eigenvalue weighted by Crippen LogP contribution is 2.47. The van der Waals surface area contributed by atoms with Crippen molar-refractivity contribution in [3.8, 4) is 0 Å². The molecular weight excluding hydrogens is 155 g/mol. The van der Waals surface area contributed by atoms with Gasteiger partial charge in [0.1, 0.15) is 0 Å². The van der Waals surface area contributed by atoms with Crippen molar-refractivity contribution in [2.75, 3.05) is 20.3 Å². The molecule has 0 rings (SSSR count). The molecule has 0 N–H and O–H groups in total. The predicted octanol–water partition coefficient (Wildman–Crippen LogP) is 1.81. The van der Waals surface area contributed by atoms with Gasteiger partial charge in [0.2, 0.25) is 0 Å². The highest BCUT2D eigenvalue weighted by Gasteiger charge is 2.22. The number of rotatable bonds is 5. The van der Waals surface area contributed by atoms with Crippen molar-refractivity contribution in [3.63, 3.8) is 0 Å². The quantitative estimate of drug-likeness (QED) is 0.587. The Hall–Kier alpha value is 0.110. The van der Waals surface area contributed by atoms with Crippen molar-refractivity contribution in [2.24, 2.45) is 0 Å². The molecule has 62 valence electrons. The minimum atomic E-state index is -3.20. The van der Waals surface area contributed by atoms with E-state index < -0.39 is 7.82 Å². The van der Waals surface area contributed by atoms with Crippen molar-refractivity contribution in [2.45, 2.75) is 13.8 Å². The van der Waals surface area contributed by atoms with Crippen LogP contribution in [0.1, 0.15) is 13.8 Å². The molecule has 0 fully saturated rings. The van der Waals surface area contributed by atoms with Crippen LogP contribution >= 0.6 is 7.82 Å². The van der Waals surface area contributed by atoms with Gasteiger partial charge in [0, 0.05) is 7.11 Å². The molecule has 0 aromatic rings. The lowest BCUT2D eigenvalue weighted by atomic mass is 10.9. The number of phosphoric acid groups is 1. The van der Waals surface area contributed by atoms with Gasteiger partial charge in [-0.3, -0.25) is 13.6 Å². The molecule has 0 amide bonds. The van der Waals surface area contributed by atoms with Crippen molar-refractivity contribution in [1.29, 1.82) is 0 Å². The molecule has 0 aliphatic heterocycles. The van der Waals surface area contributed by atoms with Gasteiger partial charge in [-0.25, -0.2) is 4.57 Å². The zero-order valence-electron chi connectivity index (χ0n) is 6.49. The minimum absolute atomic E-state index is 0.325. The summed E-state index contributed by atoms with van der Waals surface area (Å²) >= 11 is 0. The molecule has 5 heteroatoms. The highest BCUT2D eigenvalue weighted by molar-refractivity contribution is 7.48. The van der Waals surface area contributed by atoms with E-state index in [1.165, 1.54) is 7.11 Å². The van der Waals surface area contributed by atoms with Crippen LogP contribution < -0.4 is 0 Å². The monoisotopic (exact) mass is 168 g/mol. The molecule has 0 aliphatic carbocycles. The van der Waals surface area contributed by atoms with Crippen LogP contribution in [-0.4, -0.2) is 20.3 Å². The lowest BCUT2D eigenvalue weighted by molar-refractivity contribution is 0.141. The lowest BCUT2D eigenvalue weighted by Crippen LogP contribution is -1.96. The molecule has 0 aromatic heterocycles. The predicted molar refractivity (Wildman–Crippen MR) is 37.9 cm³/mol. The Morgan fingerprint density at radius 3 is 1.80 bits per heavy atom. The normalized spacial score (nSPS) is 11.9. The van der Waals surface area contributed by atoms with Gasteiger partial charge in [0.15, 0.2) is 0 Å². The van der Waals surface area contributed by atoms with E-state index >= 15 is 0 Å². The third kappa shape index (κ3) is 3.32. The van der Waals surface area contributed by atoms with E-state index in [1.54, 1.807) is 13.8 Å². The zero-order chi connectivity index (χ0) is 8.04. The first-order valence-electron chi connectivity index (χ1n) is 3.13. The van der Waals surface area contributed by atoms with E-state index in [0.717, 1.165) is 0 Å². The lowest BCUT2D eigenvalue weighted by Gasteiger charge is -2.12. The molecule has 0 aromatic carbocycles. The summed E-state index contributed by atoms with van der Waals surface area (Å²) in [7, 11) is -1.90. The fourth-order valence-electron chi connectivity index (χ4n) is 0.459. The van der Waals surface area contributed by atoms with Crippen molar-refractivity contribution < 1.29 is 18.1 Å². The van der Waals surface area contributed by atoms with Crippen LogP contribution in [0.25, 0.3) is 0 Å². The van der Waals surface area contributed by atoms with Gasteiger partial charge in [-0.2, -0.15) is 0 Å². The maximum Gasteiger partial charge on any atom is 0.474 e. The third-order valence-corrected chi connectivity index (χ3v) is 2.39. The first kappa shape index (κ1) is 10.1. The second-order valence-electron chi connectivity index (χ2n) is 1.47. The molecular formula is C5H13O4P. The number of phosphoric ester groups is 1. The molecule has 0 bridgehead atoms. The summed E-state index contributed by atoms with van der Waals surface area (Å²) in [5.41, 5.74) is 0. The van der Waals surface area contributed by atoms with Gasteiger partial charge in [-0.15, -0.1) is 0 Å². The molecule has 0 radical (unpaired) electrons. The Morgan fingerprint density at radius 2 is 1.60 bits per heavy atom. The summed E-state index contributed by atoms with van der Waals surface area (Å²) in [6, 6.07) is 0. The van der Waals surface area contributed by atoms with E-state index in [4.69, 9.17) is 9.05 Å². The molecule has 0 unspecified atom stereocenters. The molecule has 0 aliphatic rings. The van der Waals surface area contributed by atoms with E-state index in [0.29, 0.717) is 13.2 Å².